The molecular formula is C31H37N3O5. The molecule has 1 atom stereocenters. The Morgan fingerprint density at radius 1 is 1.05 bits per heavy atom. The number of unbranched alkanes of at least 4 members (excludes halogenated alkanes) is 1. The van der Waals surface area contributed by atoms with Gasteiger partial charge in [0.25, 0.3) is 0 Å². The highest BCUT2D eigenvalue weighted by Crippen LogP contribution is 2.34. The number of ether oxygens (including phenoxy) is 3. The Balaban J connectivity index is 1.42. The van der Waals surface area contributed by atoms with Crippen LogP contribution in [0.2, 0.25) is 0 Å². The number of methoxy groups -OCH3 is 1. The van der Waals surface area contributed by atoms with E-state index in [1.165, 1.54) is 0 Å². The molecule has 8 heteroatoms. The minimum atomic E-state index is -0.255. The van der Waals surface area contributed by atoms with Gasteiger partial charge in [-0.1, -0.05) is 47.7 Å². The van der Waals surface area contributed by atoms with Crippen LogP contribution in [0.3, 0.4) is 0 Å². The first-order valence-electron chi connectivity index (χ1n) is 13.4. The van der Waals surface area contributed by atoms with E-state index in [0.29, 0.717) is 19.8 Å². The van der Waals surface area contributed by atoms with Gasteiger partial charge >= 0.3 is 5.97 Å². The summed E-state index contributed by atoms with van der Waals surface area (Å²) in [5.41, 5.74) is 6.67. The average Bonchev–Trinajstić information content (AvgIpc) is 3.38. The van der Waals surface area contributed by atoms with Crippen LogP contribution >= 0.6 is 0 Å². The van der Waals surface area contributed by atoms with Gasteiger partial charge in [0.05, 0.1) is 38.9 Å². The molecule has 0 fully saturated rings. The van der Waals surface area contributed by atoms with Gasteiger partial charge < -0.3 is 19.3 Å². The van der Waals surface area contributed by atoms with E-state index in [0.717, 1.165) is 64.0 Å². The number of rotatable bonds is 14. The quantitative estimate of drug-likeness (QED) is 0.174. The Hall–Kier alpha value is -3.75. The zero-order chi connectivity index (χ0) is 27.6. The molecule has 1 aromatic heterocycles. The molecule has 0 aliphatic carbocycles. The maximum Gasteiger partial charge on any atom is 0.306 e. The van der Waals surface area contributed by atoms with Crippen LogP contribution in [0.1, 0.15) is 59.9 Å². The molecule has 0 saturated carbocycles. The monoisotopic (exact) mass is 531 g/mol. The summed E-state index contributed by atoms with van der Waals surface area (Å²) in [6.45, 7) is 6.10. The van der Waals surface area contributed by atoms with E-state index in [2.05, 4.69) is 16.4 Å². The molecule has 206 valence electrons. The van der Waals surface area contributed by atoms with Crippen LogP contribution in [0.25, 0.3) is 11.0 Å². The Kier molecular flexibility index (Phi) is 10.1. The number of hydrogen-bond donors (Lipinski definition) is 1. The number of carbonyl (C=O) groups is 1. The predicted octanol–water partition coefficient (Wildman–Crippen LogP) is 5.32. The van der Waals surface area contributed by atoms with Crippen molar-refractivity contribution in [2.24, 2.45) is 0 Å². The van der Waals surface area contributed by atoms with Gasteiger partial charge in [0.1, 0.15) is 11.3 Å². The van der Waals surface area contributed by atoms with Crippen molar-refractivity contribution in [1.29, 1.82) is 0 Å². The van der Waals surface area contributed by atoms with Crippen molar-refractivity contribution in [2.45, 2.75) is 58.8 Å². The molecule has 4 aromatic rings. The van der Waals surface area contributed by atoms with Crippen LogP contribution in [0.5, 0.6) is 5.75 Å². The lowest BCUT2D eigenvalue weighted by Crippen LogP contribution is -2.13. The predicted molar refractivity (Wildman–Crippen MR) is 150 cm³/mol. The second kappa shape index (κ2) is 13.9. The third-order valence-corrected chi connectivity index (χ3v) is 6.91. The Morgan fingerprint density at radius 3 is 2.62 bits per heavy atom. The smallest absolute Gasteiger partial charge is 0.306 e. The van der Waals surface area contributed by atoms with Crippen molar-refractivity contribution >= 4 is 17.0 Å². The van der Waals surface area contributed by atoms with E-state index in [4.69, 9.17) is 14.2 Å². The molecule has 0 bridgehead atoms. The number of carbonyl (C=O) groups excluding carboxylic acids is 1. The summed E-state index contributed by atoms with van der Waals surface area (Å²) >= 11 is 0. The van der Waals surface area contributed by atoms with Gasteiger partial charge in [-0.15, -0.1) is 5.10 Å². The highest BCUT2D eigenvalue weighted by molar-refractivity contribution is 5.80. The fourth-order valence-electron chi connectivity index (χ4n) is 4.81. The van der Waals surface area contributed by atoms with E-state index in [-0.39, 0.29) is 24.9 Å². The molecule has 1 unspecified atom stereocenters. The second-order valence-corrected chi connectivity index (χ2v) is 9.53. The fourth-order valence-corrected chi connectivity index (χ4v) is 4.81. The van der Waals surface area contributed by atoms with Crippen LogP contribution in [0, 0.1) is 6.92 Å². The normalized spacial score (nSPS) is 12.0. The number of aliphatic hydroxyl groups is 1. The van der Waals surface area contributed by atoms with Gasteiger partial charge in [-0.2, -0.15) is 0 Å². The van der Waals surface area contributed by atoms with Crippen LogP contribution in [0.4, 0.5) is 0 Å². The lowest BCUT2D eigenvalue weighted by molar-refractivity contribution is -0.143. The maximum atomic E-state index is 12.5. The van der Waals surface area contributed by atoms with Crippen molar-refractivity contribution in [2.75, 3.05) is 20.3 Å². The molecule has 1 heterocycles. The molecule has 4 rings (SSSR count). The van der Waals surface area contributed by atoms with Gasteiger partial charge in [0, 0.05) is 19.1 Å². The van der Waals surface area contributed by atoms with E-state index in [9.17, 15) is 9.90 Å². The first kappa shape index (κ1) is 28.3. The van der Waals surface area contributed by atoms with E-state index in [1.807, 2.05) is 73.1 Å². The number of hydrogen-bond acceptors (Lipinski definition) is 7. The average molecular weight is 532 g/mol. The number of aliphatic hydroxyl groups excluding tert-OH is 1. The lowest BCUT2D eigenvalue weighted by Gasteiger charge is -2.20. The van der Waals surface area contributed by atoms with Gasteiger partial charge in [-0.25, -0.2) is 4.68 Å². The Morgan fingerprint density at radius 2 is 1.87 bits per heavy atom. The highest BCUT2D eigenvalue weighted by Gasteiger charge is 2.23. The second-order valence-electron chi connectivity index (χ2n) is 9.53. The van der Waals surface area contributed by atoms with Gasteiger partial charge in [-0.05, 0) is 72.7 Å². The largest absolute Gasteiger partial charge is 0.497 e. The van der Waals surface area contributed by atoms with E-state index < -0.39 is 0 Å². The summed E-state index contributed by atoms with van der Waals surface area (Å²) < 4.78 is 18.2. The number of nitrogens with zero attached hydrogens (tertiary/aromatic N) is 3. The molecule has 0 radical (unpaired) electrons. The molecule has 3 aromatic carbocycles. The molecule has 0 aliphatic heterocycles. The van der Waals surface area contributed by atoms with Crippen molar-refractivity contribution in [3.63, 3.8) is 0 Å². The maximum absolute atomic E-state index is 12.5. The van der Waals surface area contributed by atoms with Crippen LogP contribution in [-0.4, -0.2) is 46.4 Å². The summed E-state index contributed by atoms with van der Waals surface area (Å²) in [4.78, 5) is 12.5. The number of fused-ring (bicyclic) bond motifs is 1. The van der Waals surface area contributed by atoms with Crippen molar-refractivity contribution < 1.29 is 24.1 Å². The van der Waals surface area contributed by atoms with Crippen LogP contribution in [-0.2, 0) is 34.0 Å². The molecule has 0 aliphatic rings. The summed E-state index contributed by atoms with van der Waals surface area (Å²) in [5, 5.41) is 18.5. The van der Waals surface area contributed by atoms with Gasteiger partial charge in [0.2, 0.25) is 0 Å². The highest BCUT2D eigenvalue weighted by atomic mass is 16.5. The summed E-state index contributed by atoms with van der Waals surface area (Å²) in [6.07, 6.45) is 2.04. The van der Waals surface area contributed by atoms with Gasteiger partial charge in [-0.3, -0.25) is 4.79 Å². The molecule has 8 nitrogen and oxygen atoms in total. The summed E-state index contributed by atoms with van der Waals surface area (Å²) in [6, 6.07) is 19.7. The molecule has 1 N–H and O–H groups in total. The van der Waals surface area contributed by atoms with Crippen LogP contribution < -0.4 is 4.74 Å². The topological polar surface area (TPSA) is 95.7 Å². The number of aryl methyl sites for hydroxylation is 2. The standard InChI is InChI=1S/C31H37N3O5/c1-4-39-30(36)19-28(25-9-7-8-24(18-25)20-35)27-14-15-29-31(22(27)2)32-33-34(29)16-5-6-17-38-21-23-10-12-26(37-3)13-11-23/h7-15,18,28,35H,4-6,16-17,19-21H2,1-3H3. The lowest BCUT2D eigenvalue weighted by atomic mass is 9.85. The van der Waals surface area contributed by atoms with E-state index >= 15 is 0 Å². The molecule has 0 spiro atoms. The molecule has 0 amide bonds. The third-order valence-electron chi connectivity index (χ3n) is 6.91. The first-order valence-corrected chi connectivity index (χ1v) is 13.4. The zero-order valence-electron chi connectivity index (χ0n) is 22.9. The van der Waals surface area contributed by atoms with Crippen LogP contribution in [0.15, 0.2) is 60.7 Å². The van der Waals surface area contributed by atoms with Gasteiger partial charge in [0.15, 0.2) is 0 Å². The zero-order valence-corrected chi connectivity index (χ0v) is 22.9. The number of benzene rings is 3. The first-order chi connectivity index (χ1) is 19.0. The summed E-state index contributed by atoms with van der Waals surface area (Å²) in [5.74, 6) is 0.369. The molecule has 39 heavy (non-hydrogen) atoms. The SMILES string of the molecule is CCOC(=O)CC(c1cccc(CO)c1)c1ccc2c(nnn2CCCCOCc2ccc(OC)cc2)c1C. The Labute approximate surface area is 229 Å². The van der Waals surface area contributed by atoms with Crippen molar-refractivity contribution in [3.05, 3.63) is 88.5 Å². The minimum Gasteiger partial charge on any atom is -0.497 e. The molecular weight excluding hydrogens is 494 g/mol. The third kappa shape index (κ3) is 7.22. The molecule has 0 saturated heterocycles. The van der Waals surface area contributed by atoms with Crippen molar-refractivity contribution in [1.82, 2.24) is 15.0 Å². The van der Waals surface area contributed by atoms with Crippen molar-refractivity contribution in [3.8, 4) is 5.75 Å². The fraction of sp³-hybridized carbons (Fsp3) is 0.387. The Bertz CT molecular complexity index is 1370. The number of aromatic nitrogens is 3. The minimum absolute atomic E-state index is 0.0567. The number of esters is 1. The van der Waals surface area contributed by atoms with E-state index in [1.54, 1.807) is 7.11 Å². The summed E-state index contributed by atoms with van der Waals surface area (Å²) in [7, 11) is 1.66.